The summed E-state index contributed by atoms with van der Waals surface area (Å²) >= 11 is 11.5. The molecule has 0 radical (unpaired) electrons. The molecule has 0 spiro atoms. The van der Waals surface area contributed by atoms with Crippen LogP contribution in [0.15, 0.2) is 24.3 Å². The first-order valence-electron chi connectivity index (χ1n) is 5.74. The average molecular weight is 275 g/mol. The Morgan fingerprint density at radius 3 is 2.71 bits per heavy atom. The molecule has 0 aliphatic heterocycles. The number of carbonyl (C=O) groups excluding carboxylic acids is 1. The Bertz CT molecular complexity index is 366. The molecule has 0 saturated heterocycles. The Morgan fingerprint density at radius 1 is 1.35 bits per heavy atom. The van der Waals surface area contributed by atoms with Gasteiger partial charge in [0.05, 0.1) is 5.56 Å². The molecule has 1 rings (SSSR count). The lowest BCUT2D eigenvalue weighted by Gasteiger charge is -2.14. The zero-order valence-corrected chi connectivity index (χ0v) is 11.3. The van der Waals surface area contributed by atoms with Crippen LogP contribution in [0.5, 0.6) is 5.75 Å². The van der Waals surface area contributed by atoms with Crippen LogP contribution in [0.4, 0.5) is 0 Å². The molecule has 0 bridgehead atoms. The van der Waals surface area contributed by atoms with Gasteiger partial charge < -0.3 is 4.74 Å². The summed E-state index contributed by atoms with van der Waals surface area (Å²) < 4.78 is 5.51. The van der Waals surface area contributed by atoms with E-state index in [9.17, 15) is 4.79 Å². The fraction of sp³-hybridized carbons (Fsp3) is 0.462. The average Bonchev–Trinajstić information content (AvgIpc) is 2.29. The van der Waals surface area contributed by atoms with Crippen LogP contribution in [0, 0.1) is 0 Å². The number of hydrogen-bond acceptors (Lipinski definition) is 2. The molecule has 2 nitrogen and oxygen atoms in total. The van der Waals surface area contributed by atoms with Crippen molar-refractivity contribution in [2.45, 2.75) is 38.2 Å². The van der Waals surface area contributed by atoms with Crippen molar-refractivity contribution in [1.29, 1.82) is 0 Å². The molecule has 0 aromatic heterocycles. The standard InChI is InChI=1S/C13H16Cl2O2/c1-2-3-4-9-12(14)17-11-8-6-5-7-10(11)13(15)16/h5-8,12H,2-4,9H2,1H3. The fourth-order valence-corrected chi connectivity index (χ4v) is 1.89. The number of hydrogen-bond donors (Lipinski definition) is 0. The van der Waals surface area contributed by atoms with Crippen LogP contribution < -0.4 is 4.74 Å². The van der Waals surface area contributed by atoms with Gasteiger partial charge in [0, 0.05) is 0 Å². The first kappa shape index (κ1) is 14.3. The molecule has 1 unspecified atom stereocenters. The van der Waals surface area contributed by atoms with E-state index in [1.54, 1.807) is 24.3 Å². The molecule has 0 aliphatic carbocycles. The second kappa shape index (κ2) is 7.57. The van der Waals surface area contributed by atoms with Gasteiger partial charge in [0.1, 0.15) is 5.75 Å². The van der Waals surface area contributed by atoms with Crippen LogP contribution >= 0.6 is 23.2 Å². The van der Waals surface area contributed by atoms with Crippen molar-refractivity contribution in [3.05, 3.63) is 29.8 Å². The molecular formula is C13H16Cl2O2. The normalized spacial score (nSPS) is 12.2. The predicted molar refractivity (Wildman–Crippen MR) is 71.0 cm³/mol. The maximum atomic E-state index is 11.2. The van der Waals surface area contributed by atoms with Crippen LogP contribution in [0.1, 0.15) is 43.0 Å². The van der Waals surface area contributed by atoms with E-state index in [-0.39, 0.29) is 0 Å². The van der Waals surface area contributed by atoms with Crippen LogP contribution in [0.25, 0.3) is 0 Å². The third-order valence-corrected chi connectivity index (χ3v) is 2.90. The lowest BCUT2D eigenvalue weighted by atomic mass is 10.2. The summed E-state index contributed by atoms with van der Waals surface area (Å²) in [4.78, 5) is 11.2. The molecule has 0 saturated carbocycles. The zero-order valence-electron chi connectivity index (χ0n) is 9.79. The van der Waals surface area contributed by atoms with E-state index >= 15 is 0 Å². The van der Waals surface area contributed by atoms with E-state index < -0.39 is 10.8 Å². The lowest BCUT2D eigenvalue weighted by molar-refractivity contribution is 0.107. The third-order valence-electron chi connectivity index (χ3n) is 2.39. The minimum atomic E-state index is -0.530. The molecule has 0 amide bonds. The Morgan fingerprint density at radius 2 is 2.06 bits per heavy atom. The van der Waals surface area contributed by atoms with Crippen LogP contribution in [0.2, 0.25) is 0 Å². The molecule has 1 aromatic carbocycles. The van der Waals surface area contributed by atoms with E-state index in [2.05, 4.69) is 6.92 Å². The maximum absolute atomic E-state index is 11.2. The summed E-state index contributed by atoms with van der Waals surface area (Å²) in [6, 6.07) is 6.85. The first-order chi connectivity index (χ1) is 8.15. The number of rotatable bonds is 7. The van der Waals surface area contributed by atoms with E-state index in [1.165, 1.54) is 0 Å². The van der Waals surface area contributed by atoms with Crippen molar-refractivity contribution in [2.75, 3.05) is 0 Å². The molecule has 94 valence electrons. The predicted octanol–water partition coefficient (Wildman–Crippen LogP) is 4.59. The minimum Gasteiger partial charge on any atom is -0.474 e. The topological polar surface area (TPSA) is 26.3 Å². The largest absolute Gasteiger partial charge is 0.474 e. The Labute approximate surface area is 112 Å². The summed E-state index contributed by atoms with van der Waals surface area (Å²) in [7, 11) is 0. The van der Waals surface area contributed by atoms with Crippen LogP contribution in [-0.2, 0) is 0 Å². The number of benzene rings is 1. The van der Waals surface area contributed by atoms with Crippen molar-refractivity contribution in [3.8, 4) is 5.75 Å². The highest BCUT2D eigenvalue weighted by molar-refractivity contribution is 6.68. The van der Waals surface area contributed by atoms with E-state index in [0.29, 0.717) is 11.3 Å². The Kier molecular flexibility index (Phi) is 6.38. The van der Waals surface area contributed by atoms with Crippen molar-refractivity contribution in [3.63, 3.8) is 0 Å². The SMILES string of the molecule is CCCCCC(Cl)Oc1ccccc1C(=O)Cl. The first-order valence-corrected chi connectivity index (χ1v) is 6.56. The summed E-state index contributed by atoms with van der Waals surface area (Å²) in [5, 5.41) is -0.530. The van der Waals surface area contributed by atoms with Crippen molar-refractivity contribution in [1.82, 2.24) is 0 Å². The zero-order chi connectivity index (χ0) is 12.7. The molecular weight excluding hydrogens is 259 g/mol. The van der Waals surface area contributed by atoms with Gasteiger partial charge in [0.15, 0.2) is 5.56 Å². The highest BCUT2D eigenvalue weighted by Crippen LogP contribution is 2.23. The molecule has 1 aromatic rings. The molecule has 4 heteroatoms. The van der Waals surface area contributed by atoms with Gasteiger partial charge >= 0.3 is 0 Å². The molecule has 0 aliphatic rings. The number of ether oxygens (including phenoxy) is 1. The summed E-state index contributed by atoms with van der Waals surface area (Å²) in [6.07, 6.45) is 4.05. The van der Waals surface area contributed by atoms with Crippen LogP contribution in [-0.4, -0.2) is 10.8 Å². The molecule has 0 heterocycles. The van der Waals surface area contributed by atoms with Gasteiger partial charge in [-0.3, -0.25) is 4.79 Å². The van der Waals surface area contributed by atoms with Gasteiger partial charge in [-0.2, -0.15) is 0 Å². The van der Waals surface area contributed by atoms with E-state index in [0.717, 1.165) is 25.7 Å². The molecule has 1 atom stereocenters. The van der Waals surface area contributed by atoms with Crippen molar-refractivity contribution in [2.24, 2.45) is 0 Å². The summed E-state index contributed by atoms with van der Waals surface area (Å²) in [5.74, 6) is 0.448. The number of unbranched alkanes of at least 4 members (excludes halogenated alkanes) is 2. The van der Waals surface area contributed by atoms with E-state index in [4.69, 9.17) is 27.9 Å². The molecule has 17 heavy (non-hydrogen) atoms. The van der Waals surface area contributed by atoms with Gasteiger partial charge in [0.25, 0.3) is 5.24 Å². The number of para-hydroxylation sites is 1. The monoisotopic (exact) mass is 274 g/mol. The number of alkyl halides is 1. The Balaban J connectivity index is 2.58. The van der Waals surface area contributed by atoms with Gasteiger partial charge in [0.2, 0.25) is 0 Å². The second-order valence-electron chi connectivity index (χ2n) is 3.79. The van der Waals surface area contributed by atoms with Crippen molar-refractivity contribution < 1.29 is 9.53 Å². The van der Waals surface area contributed by atoms with Gasteiger partial charge in [-0.15, -0.1) is 0 Å². The molecule has 0 fully saturated rings. The van der Waals surface area contributed by atoms with E-state index in [1.807, 2.05) is 0 Å². The number of carbonyl (C=O) groups is 1. The van der Waals surface area contributed by atoms with Crippen LogP contribution in [0.3, 0.4) is 0 Å². The van der Waals surface area contributed by atoms with Crippen molar-refractivity contribution >= 4 is 28.4 Å². The fourth-order valence-electron chi connectivity index (χ4n) is 1.48. The highest BCUT2D eigenvalue weighted by Gasteiger charge is 2.13. The smallest absolute Gasteiger partial charge is 0.256 e. The second-order valence-corrected chi connectivity index (χ2v) is 4.62. The third kappa shape index (κ3) is 4.97. The van der Waals surface area contributed by atoms with Gasteiger partial charge in [-0.05, 0) is 36.6 Å². The Hall–Kier alpha value is -0.730. The summed E-state index contributed by atoms with van der Waals surface area (Å²) in [5.41, 5.74) is -0.0611. The number of halogens is 2. The minimum absolute atomic E-state index is 0.357. The summed E-state index contributed by atoms with van der Waals surface area (Å²) in [6.45, 7) is 2.13. The maximum Gasteiger partial charge on any atom is 0.256 e. The highest BCUT2D eigenvalue weighted by atomic mass is 35.5. The van der Waals surface area contributed by atoms with Gasteiger partial charge in [-0.1, -0.05) is 43.5 Å². The van der Waals surface area contributed by atoms with Gasteiger partial charge in [-0.25, -0.2) is 0 Å². The molecule has 0 N–H and O–H groups in total. The quantitative estimate of drug-likeness (QED) is 0.413. The lowest BCUT2D eigenvalue weighted by Crippen LogP contribution is -2.10.